The van der Waals surface area contributed by atoms with E-state index in [9.17, 15) is 13.2 Å². The summed E-state index contributed by atoms with van der Waals surface area (Å²) in [6, 6.07) is 2.77. The molecule has 0 aromatic carbocycles. The molecule has 28 heavy (non-hydrogen) atoms. The lowest BCUT2D eigenvalue weighted by Gasteiger charge is -2.17. The first kappa shape index (κ1) is 19.7. The molecule has 0 spiro atoms. The number of sulfone groups is 1. The van der Waals surface area contributed by atoms with Crippen molar-refractivity contribution in [3.05, 3.63) is 24.2 Å². The first-order valence-electron chi connectivity index (χ1n) is 8.78. The van der Waals surface area contributed by atoms with Crippen LogP contribution in [0.5, 0.6) is 5.88 Å². The zero-order valence-corrected chi connectivity index (χ0v) is 16.8. The molecule has 11 nitrogen and oxygen atoms in total. The highest BCUT2D eigenvalue weighted by Crippen LogP contribution is 2.23. The van der Waals surface area contributed by atoms with E-state index in [1.54, 1.807) is 26.0 Å². The fourth-order valence-electron chi connectivity index (χ4n) is 2.73. The van der Waals surface area contributed by atoms with Gasteiger partial charge in [0.1, 0.15) is 6.33 Å². The number of nitrogens with zero attached hydrogens (tertiary/aromatic N) is 7. The van der Waals surface area contributed by atoms with Crippen LogP contribution in [0, 0.1) is 6.92 Å². The monoisotopic (exact) mass is 407 g/mol. The van der Waals surface area contributed by atoms with Gasteiger partial charge in [0.2, 0.25) is 5.88 Å². The third-order valence-electron chi connectivity index (χ3n) is 4.06. The van der Waals surface area contributed by atoms with Gasteiger partial charge in [-0.1, -0.05) is 0 Å². The predicted octanol–water partition coefficient (Wildman–Crippen LogP) is 1.17. The maximum atomic E-state index is 13.1. The number of fused-ring (bicyclic) bond motifs is 1. The summed E-state index contributed by atoms with van der Waals surface area (Å²) in [5.74, 6) is 0.263. The summed E-state index contributed by atoms with van der Waals surface area (Å²) in [5.41, 5.74) is 0.589. The minimum absolute atomic E-state index is 0.169. The molecule has 1 amide bonds. The van der Waals surface area contributed by atoms with E-state index in [4.69, 9.17) is 4.74 Å². The van der Waals surface area contributed by atoms with Gasteiger partial charge in [-0.3, -0.25) is 0 Å². The van der Waals surface area contributed by atoms with Crippen LogP contribution in [0.1, 0.15) is 26.5 Å². The van der Waals surface area contributed by atoms with Crippen LogP contribution in [0.25, 0.3) is 5.65 Å². The van der Waals surface area contributed by atoms with Crippen LogP contribution in [0.4, 0.5) is 4.79 Å². The number of amides is 1. The number of aromatic nitrogens is 6. The molecule has 3 rings (SSSR count). The molecule has 0 saturated heterocycles. The normalized spacial score (nSPS) is 11.7. The summed E-state index contributed by atoms with van der Waals surface area (Å²) in [7, 11) is -4.17. The van der Waals surface area contributed by atoms with E-state index in [1.165, 1.54) is 9.42 Å². The van der Waals surface area contributed by atoms with Crippen LogP contribution in [0.15, 0.2) is 28.6 Å². The van der Waals surface area contributed by atoms with E-state index in [0.29, 0.717) is 25.3 Å². The third kappa shape index (κ3) is 3.30. The van der Waals surface area contributed by atoms with Gasteiger partial charge in [0, 0.05) is 19.2 Å². The quantitative estimate of drug-likeness (QED) is 0.596. The summed E-state index contributed by atoms with van der Waals surface area (Å²) in [4.78, 5) is 21.9. The van der Waals surface area contributed by atoms with Gasteiger partial charge in [0.05, 0.1) is 12.3 Å². The lowest BCUT2D eigenvalue weighted by Crippen LogP contribution is -2.34. The van der Waals surface area contributed by atoms with E-state index >= 15 is 0 Å². The maximum Gasteiger partial charge on any atom is 0.346 e. The lowest BCUT2D eigenvalue weighted by atomic mass is 10.5. The molecule has 0 aliphatic heterocycles. The predicted molar refractivity (Wildman–Crippen MR) is 98.1 cm³/mol. The molecule has 150 valence electrons. The summed E-state index contributed by atoms with van der Waals surface area (Å²) in [5, 5.41) is 7.41. The Morgan fingerprint density at radius 3 is 2.54 bits per heavy atom. The van der Waals surface area contributed by atoms with Crippen molar-refractivity contribution in [2.45, 2.75) is 37.9 Å². The highest BCUT2D eigenvalue weighted by molar-refractivity contribution is 7.91. The van der Waals surface area contributed by atoms with Crippen LogP contribution in [-0.4, -0.2) is 68.4 Å². The molecule has 3 heterocycles. The second kappa shape index (κ2) is 7.54. The molecule has 3 aromatic heterocycles. The van der Waals surface area contributed by atoms with Crippen molar-refractivity contribution in [3.8, 4) is 5.88 Å². The van der Waals surface area contributed by atoms with Crippen molar-refractivity contribution < 1.29 is 17.9 Å². The Balaban J connectivity index is 2.08. The molecule has 0 aliphatic rings. The minimum Gasteiger partial charge on any atom is -0.477 e. The largest absolute Gasteiger partial charge is 0.477 e. The van der Waals surface area contributed by atoms with Crippen LogP contribution in [0.3, 0.4) is 0 Å². The average molecular weight is 407 g/mol. The van der Waals surface area contributed by atoms with Crippen LogP contribution in [0.2, 0.25) is 0 Å². The Labute approximate surface area is 161 Å². The van der Waals surface area contributed by atoms with Gasteiger partial charge in [0.25, 0.3) is 15.0 Å². The van der Waals surface area contributed by atoms with E-state index in [-0.39, 0.29) is 16.6 Å². The second-order valence-corrected chi connectivity index (χ2v) is 7.57. The number of carbonyl (C=O) groups is 1. The molecular weight excluding hydrogens is 386 g/mol. The van der Waals surface area contributed by atoms with Crippen LogP contribution < -0.4 is 4.74 Å². The second-order valence-electron chi connectivity index (χ2n) is 5.81. The molecule has 12 heteroatoms. The van der Waals surface area contributed by atoms with Crippen molar-refractivity contribution >= 4 is 21.5 Å². The summed E-state index contributed by atoms with van der Waals surface area (Å²) >= 11 is 0. The zero-order valence-electron chi connectivity index (χ0n) is 16.0. The third-order valence-corrected chi connectivity index (χ3v) is 5.71. The standard InChI is InChI=1S/C16H21N7O4S/c1-5-21(6-2)16(24)22-10-17-15(20-22)28(25,26)14-11(4)18-12-8-9-13(27-7-3)19-23(12)14/h8-10H,5-7H2,1-4H3. The number of aryl methyl sites for hydroxylation is 1. The smallest absolute Gasteiger partial charge is 0.346 e. The van der Waals surface area contributed by atoms with Crippen molar-refractivity contribution in [3.63, 3.8) is 0 Å². The lowest BCUT2D eigenvalue weighted by molar-refractivity contribution is 0.201. The molecule has 0 atom stereocenters. The Hall–Kier alpha value is -3.02. The van der Waals surface area contributed by atoms with Gasteiger partial charge < -0.3 is 9.64 Å². The fourth-order valence-corrected chi connectivity index (χ4v) is 4.08. The highest BCUT2D eigenvalue weighted by Gasteiger charge is 2.31. The van der Waals surface area contributed by atoms with Crippen LogP contribution >= 0.6 is 0 Å². The zero-order chi connectivity index (χ0) is 20.5. The number of hydrogen-bond donors (Lipinski definition) is 0. The van der Waals surface area contributed by atoms with Gasteiger partial charge in [-0.2, -0.15) is 9.20 Å². The van der Waals surface area contributed by atoms with Gasteiger partial charge in [-0.25, -0.2) is 23.2 Å². The van der Waals surface area contributed by atoms with Gasteiger partial charge in [-0.05, 0) is 33.8 Å². The molecule has 0 aliphatic carbocycles. The highest BCUT2D eigenvalue weighted by atomic mass is 32.2. The topological polar surface area (TPSA) is 125 Å². The molecule has 0 fully saturated rings. The SMILES string of the molecule is CCOc1ccc2nc(C)c(S(=O)(=O)c3ncn(C(=O)N(CC)CC)n3)n2n1. The Morgan fingerprint density at radius 1 is 1.18 bits per heavy atom. The van der Waals surface area contributed by atoms with Crippen molar-refractivity contribution in [2.24, 2.45) is 0 Å². The number of ether oxygens (including phenoxy) is 1. The summed E-state index contributed by atoms with van der Waals surface area (Å²) < 4.78 is 33.7. The average Bonchev–Trinajstić information content (AvgIpc) is 3.27. The molecule has 3 aromatic rings. The number of hydrogen-bond acceptors (Lipinski definition) is 8. The van der Waals surface area contributed by atoms with Crippen LogP contribution in [-0.2, 0) is 9.84 Å². The number of carbonyl (C=O) groups excluding carboxylic acids is 1. The van der Waals surface area contributed by atoms with Gasteiger partial charge in [0.15, 0.2) is 10.7 Å². The van der Waals surface area contributed by atoms with E-state index in [2.05, 4.69) is 20.2 Å². The molecule has 0 N–H and O–H groups in total. The maximum absolute atomic E-state index is 13.1. The van der Waals surface area contributed by atoms with Gasteiger partial charge >= 0.3 is 6.03 Å². The Kier molecular flexibility index (Phi) is 5.31. The number of rotatable bonds is 6. The van der Waals surface area contributed by atoms with E-state index < -0.39 is 21.0 Å². The Morgan fingerprint density at radius 2 is 1.89 bits per heavy atom. The summed E-state index contributed by atoms with van der Waals surface area (Å²) in [6.07, 6.45) is 1.09. The first-order chi connectivity index (χ1) is 13.3. The van der Waals surface area contributed by atoms with E-state index in [1.807, 2.05) is 13.8 Å². The summed E-state index contributed by atoms with van der Waals surface area (Å²) in [6.45, 7) is 8.31. The van der Waals surface area contributed by atoms with Gasteiger partial charge in [-0.15, -0.1) is 10.2 Å². The van der Waals surface area contributed by atoms with Crippen molar-refractivity contribution in [1.29, 1.82) is 0 Å². The van der Waals surface area contributed by atoms with Crippen molar-refractivity contribution in [1.82, 2.24) is 34.3 Å². The molecule has 0 unspecified atom stereocenters. The van der Waals surface area contributed by atoms with E-state index in [0.717, 1.165) is 11.0 Å². The molecule has 0 saturated carbocycles. The molecule has 0 radical (unpaired) electrons. The molecular formula is C16H21N7O4S. The minimum atomic E-state index is -4.17. The fraction of sp³-hybridized carbons (Fsp3) is 0.438. The van der Waals surface area contributed by atoms with Crippen molar-refractivity contribution in [2.75, 3.05) is 19.7 Å². The first-order valence-corrected chi connectivity index (χ1v) is 10.3. The number of imidazole rings is 1. The Bertz CT molecular complexity index is 1120. The molecule has 0 bridgehead atoms.